The first-order chi connectivity index (χ1) is 11.7. The van der Waals surface area contributed by atoms with E-state index in [1.165, 1.54) is 6.92 Å². The van der Waals surface area contributed by atoms with Gasteiger partial charge < -0.3 is 9.47 Å². The van der Waals surface area contributed by atoms with E-state index >= 15 is 0 Å². The first-order valence-corrected chi connectivity index (χ1v) is 7.49. The van der Waals surface area contributed by atoms with Gasteiger partial charge in [0, 0.05) is 24.8 Å². The number of benzene rings is 2. The molecular weight excluding hydrogens is 304 g/mol. The van der Waals surface area contributed by atoms with Gasteiger partial charge in [-0.2, -0.15) is 4.98 Å². The molecule has 0 fully saturated rings. The van der Waals surface area contributed by atoms with Crippen LogP contribution < -0.4 is 9.47 Å². The summed E-state index contributed by atoms with van der Waals surface area (Å²) in [5.74, 6) is 1.20. The maximum absolute atomic E-state index is 10.9. The first kappa shape index (κ1) is 15.7. The zero-order valence-electron chi connectivity index (χ0n) is 13.2. The highest BCUT2D eigenvalue weighted by atomic mass is 16.5. The Labute approximate surface area is 139 Å². The lowest BCUT2D eigenvalue weighted by atomic mass is 10.2. The number of ether oxygens (including phenoxy) is 2. The highest BCUT2D eigenvalue weighted by molar-refractivity contribution is 5.69. The fourth-order valence-electron chi connectivity index (χ4n) is 2.13. The summed E-state index contributed by atoms with van der Waals surface area (Å²) < 4.78 is 10.7. The second kappa shape index (κ2) is 7.37. The Kier molecular flexibility index (Phi) is 4.81. The third-order valence-electron chi connectivity index (χ3n) is 3.23. The molecule has 0 aliphatic carbocycles. The molecule has 1 aromatic heterocycles. The van der Waals surface area contributed by atoms with E-state index in [0.717, 1.165) is 11.1 Å². The van der Waals surface area contributed by atoms with Crippen LogP contribution in [0.2, 0.25) is 0 Å². The molecule has 0 amide bonds. The highest BCUT2D eigenvalue weighted by Gasteiger charge is 2.05. The molecule has 120 valence electrons. The van der Waals surface area contributed by atoms with Gasteiger partial charge in [0.2, 0.25) is 5.88 Å². The molecule has 0 saturated carbocycles. The maximum atomic E-state index is 10.9. The van der Waals surface area contributed by atoms with Crippen molar-refractivity contribution in [2.75, 3.05) is 0 Å². The number of rotatable bonds is 5. The smallest absolute Gasteiger partial charge is 0.308 e. The van der Waals surface area contributed by atoms with Crippen LogP contribution in [-0.2, 0) is 11.4 Å². The van der Waals surface area contributed by atoms with Gasteiger partial charge in [-0.1, -0.05) is 30.3 Å². The van der Waals surface area contributed by atoms with E-state index in [2.05, 4.69) is 9.97 Å². The van der Waals surface area contributed by atoms with E-state index in [9.17, 15) is 4.79 Å². The molecule has 0 aliphatic heterocycles. The first-order valence-electron chi connectivity index (χ1n) is 7.49. The summed E-state index contributed by atoms with van der Waals surface area (Å²) in [7, 11) is 0. The summed E-state index contributed by atoms with van der Waals surface area (Å²) in [4.78, 5) is 19.6. The van der Waals surface area contributed by atoms with Crippen LogP contribution in [-0.4, -0.2) is 15.9 Å². The quantitative estimate of drug-likeness (QED) is 0.530. The van der Waals surface area contributed by atoms with Crippen LogP contribution in [0.1, 0.15) is 12.5 Å². The Hall–Kier alpha value is -3.21. The van der Waals surface area contributed by atoms with Crippen molar-refractivity contribution in [2.24, 2.45) is 0 Å². The monoisotopic (exact) mass is 320 g/mol. The number of aromatic nitrogens is 2. The van der Waals surface area contributed by atoms with Gasteiger partial charge in [-0.3, -0.25) is 4.79 Å². The van der Waals surface area contributed by atoms with E-state index in [-0.39, 0.29) is 5.97 Å². The fourth-order valence-corrected chi connectivity index (χ4v) is 2.13. The lowest BCUT2D eigenvalue weighted by Gasteiger charge is -2.07. The third kappa shape index (κ3) is 4.16. The molecule has 0 radical (unpaired) electrons. The predicted octanol–water partition coefficient (Wildman–Crippen LogP) is 3.65. The van der Waals surface area contributed by atoms with Crippen LogP contribution in [0.4, 0.5) is 0 Å². The summed E-state index contributed by atoms with van der Waals surface area (Å²) in [5.41, 5.74) is 1.89. The average Bonchev–Trinajstić information content (AvgIpc) is 2.61. The topological polar surface area (TPSA) is 61.3 Å². The zero-order chi connectivity index (χ0) is 16.8. The molecular formula is C19H16N2O3. The van der Waals surface area contributed by atoms with Crippen molar-refractivity contribution >= 4 is 5.97 Å². The van der Waals surface area contributed by atoms with Crippen LogP contribution in [0.5, 0.6) is 11.6 Å². The van der Waals surface area contributed by atoms with Gasteiger partial charge >= 0.3 is 5.97 Å². The number of esters is 1. The van der Waals surface area contributed by atoms with Crippen molar-refractivity contribution in [3.63, 3.8) is 0 Å². The largest absolute Gasteiger partial charge is 0.473 e. The highest BCUT2D eigenvalue weighted by Crippen LogP contribution is 2.21. The van der Waals surface area contributed by atoms with Gasteiger partial charge in [-0.25, -0.2) is 4.98 Å². The number of nitrogens with zero attached hydrogens (tertiary/aromatic N) is 2. The second-order valence-corrected chi connectivity index (χ2v) is 5.11. The van der Waals surface area contributed by atoms with E-state index in [1.807, 2.05) is 30.3 Å². The molecule has 0 bridgehead atoms. The molecule has 5 nitrogen and oxygen atoms in total. The molecule has 2 aromatic carbocycles. The van der Waals surface area contributed by atoms with Gasteiger partial charge in [0.05, 0.1) is 0 Å². The van der Waals surface area contributed by atoms with Gasteiger partial charge in [0.25, 0.3) is 0 Å². The molecule has 0 saturated heterocycles. The minimum atomic E-state index is -0.352. The summed E-state index contributed by atoms with van der Waals surface area (Å²) in [5, 5.41) is 0. The van der Waals surface area contributed by atoms with E-state index in [0.29, 0.717) is 24.1 Å². The Bertz CT molecular complexity index is 818. The van der Waals surface area contributed by atoms with Crippen LogP contribution in [0.25, 0.3) is 11.4 Å². The van der Waals surface area contributed by atoms with Crippen LogP contribution in [0, 0.1) is 0 Å². The van der Waals surface area contributed by atoms with Crippen molar-refractivity contribution < 1.29 is 14.3 Å². The van der Waals surface area contributed by atoms with Crippen molar-refractivity contribution in [1.29, 1.82) is 0 Å². The normalized spacial score (nSPS) is 10.2. The van der Waals surface area contributed by atoms with E-state index < -0.39 is 0 Å². The van der Waals surface area contributed by atoms with E-state index in [4.69, 9.17) is 9.47 Å². The van der Waals surface area contributed by atoms with Crippen molar-refractivity contribution in [3.8, 4) is 23.0 Å². The van der Waals surface area contributed by atoms with Crippen LogP contribution in [0.15, 0.2) is 66.9 Å². The summed E-state index contributed by atoms with van der Waals surface area (Å²) in [6, 6.07) is 18.6. The standard InChI is InChI=1S/C19H16N2O3/c1-14(22)24-17-9-7-16(8-10-17)19-20-12-11-18(21-19)23-13-15-5-3-2-4-6-15/h2-12H,13H2,1H3. The molecule has 3 aromatic rings. The van der Waals surface area contributed by atoms with Crippen LogP contribution >= 0.6 is 0 Å². The number of hydrogen-bond acceptors (Lipinski definition) is 5. The van der Waals surface area contributed by atoms with Crippen LogP contribution in [0.3, 0.4) is 0 Å². The fraction of sp³-hybridized carbons (Fsp3) is 0.105. The molecule has 1 heterocycles. The molecule has 0 atom stereocenters. The second-order valence-electron chi connectivity index (χ2n) is 5.11. The minimum absolute atomic E-state index is 0.352. The molecule has 0 N–H and O–H groups in total. The zero-order valence-corrected chi connectivity index (χ0v) is 13.2. The maximum Gasteiger partial charge on any atom is 0.308 e. The summed E-state index contributed by atoms with van der Waals surface area (Å²) in [6.07, 6.45) is 1.66. The van der Waals surface area contributed by atoms with Gasteiger partial charge in [0.15, 0.2) is 5.82 Å². The minimum Gasteiger partial charge on any atom is -0.473 e. The predicted molar refractivity (Wildman–Crippen MR) is 89.6 cm³/mol. The Morgan fingerprint density at radius 2 is 1.75 bits per heavy atom. The van der Waals surface area contributed by atoms with Gasteiger partial charge in [-0.15, -0.1) is 0 Å². The van der Waals surface area contributed by atoms with Gasteiger partial charge in [-0.05, 0) is 29.8 Å². The number of carbonyl (C=O) groups is 1. The molecule has 0 spiro atoms. The van der Waals surface area contributed by atoms with Crippen molar-refractivity contribution in [3.05, 3.63) is 72.4 Å². The Balaban J connectivity index is 1.71. The molecule has 0 unspecified atom stereocenters. The lowest BCUT2D eigenvalue weighted by molar-refractivity contribution is -0.131. The van der Waals surface area contributed by atoms with Crippen molar-refractivity contribution in [1.82, 2.24) is 9.97 Å². The number of carbonyl (C=O) groups excluding carboxylic acids is 1. The van der Waals surface area contributed by atoms with Gasteiger partial charge in [0.1, 0.15) is 12.4 Å². The van der Waals surface area contributed by atoms with E-state index in [1.54, 1.807) is 36.5 Å². The Morgan fingerprint density at radius 3 is 2.46 bits per heavy atom. The number of hydrogen-bond donors (Lipinski definition) is 0. The average molecular weight is 320 g/mol. The lowest BCUT2D eigenvalue weighted by Crippen LogP contribution is -2.01. The Morgan fingerprint density at radius 1 is 1.00 bits per heavy atom. The molecule has 5 heteroatoms. The third-order valence-corrected chi connectivity index (χ3v) is 3.23. The van der Waals surface area contributed by atoms with Crippen molar-refractivity contribution in [2.45, 2.75) is 13.5 Å². The molecule has 0 aliphatic rings. The SMILES string of the molecule is CC(=O)Oc1ccc(-c2nccc(OCc3ccccc3)n2)cc1. The molecule has 3 rings (SSSR count). The summed E-state index contributed by atoms with van der Waals surface area (Å²) >= 11 is 0. The summed E-state index contributed by atoms with van der Waals surface area (Å²) in [6.45, 7) is 1.81. The molecule has 24 heavy (non-hydrogen) atoms.